The number of likely N-dealkylation sites (tertiary alicyclic amines) is 1. The lowest BCUT2D eigenvalue weighted by Gasteiger charge is -2.21. The Balaban J connectivity index is 1.29. The molecular formula is C23H27N3O3. The maximum Gasteiger partial charge on any atom is 0.317 e. The fourth-order valence-electron chi connectivity index (χ4n) is 4.15. The third-order valence-corrected chi connectivity index (χ3v) is 6.10. The Bertz CT molecular complexity index is 912. The first-order chi connectivity index (χ1) is 13.9. The zero-order chi connectivity index (χ0) is 20.4. The fourth-order valence-corrected chi connectivity index (χ4v) is 4.15. The van der Waals surface area contributed by atoms with E-state index in [4.69, 9.17) is 0 Å². The minimum absolute atomic E-state index is 0.201. The summed E-state index contributed by atoms with van der Waals surface area (Å²) in [6, 6.07) is 16.7. The zero-order valence-electron chi connectivity index (χ0n) is 16.7. The molecule has 2 aromatic rings. The number of hydrogen-bond acceptors (Lipinski definition) is 3. The topological polar surface area (TPSA) is 72.9 Å². The first-order valence-electron chi connectivity index (χ1n) is 10.1. The number of carboxylic acid groups (broad SMARTS) is 1. The largest absolute Gasteiger partial charge is 0.481 e. The van der Waals surface area contributed by atoms with Gasteiger partial charge in [0.15, 0.2) is 0 Å². The predicted molar refractivity (Wildman–Crippen MR) is 112 cm³/mol. The highest BCUT2D eigenvalue weighted by Gasteiger charge is 2.42. The summed E-state index contributed by atoms with van der Waals surface area (Å²) in [5.41, 5.74) is 4.17. The number of nitrogens with one attached hydrogen (secondary N) is 1. The lowest BCUT2D eigenvalue weighted by atomic mass is 9.90. The molecule has 2 aliphatic heterocycles. The van der Waals surface area contributed by atoms with E-state index in [1.165, 1.54) is 16.8 Å². The number of benzene rings is 2. The third-order valence-electron chi connectivity index (χ3n) is 6.10. The van der Waals surface area contributed by atoms with Crippen LogP contribution in [0.15, 0.2) is 48.5 Å². The molecule has 0 radical (unpaired) electrons. The van der Waals surface area contributed by atoms with Gasteiger partial charge in [-0.1, -0.05) is 42.5 Å². The molecule has 0 spiro atoms. The van der Waals surface area contributed by atoms with Gasteiger partial charge in [-0.05, 0) is 42.5 Å². The quantitative estimate of drug-likeness (QED) is 0.818. The summed E-state index contributed by atoms with van der Waals surface area (Å²) in [7, 11) is 0. The number of nitrogens with zero attached hydrogens (tertiary/aromatic N) is 2. The van der Waals surface area contributed by atoms with Crippen molar-refractivity contribution in [1.82, 2.24) is 10.2 Å². The molecule has 2 heterocycles. The second kappa shape index (κ2) is 7.78. The average Bonchev–Trinajstić information content (AvgIpc) is 3.32. The number of hydrogen-bond donors (Lipinski definition) is 2. The lowest BCUT2D eigenvalue weighted by molar-refractivity contribution is -0.147. The highest BCUT2D eigenvalue weighted by molar-refractivity contribution is 5.79. The minimum atomic E-state index is -0.844. The van der Waals surface area contributed by atoms with Crippen molar-refractivity contribution in [2.45, 2.75) is 32.9 Å². The van der Waals surface area contributed by atoms with Crippen LogP contribution >= 0.6 is 0 Å². The molecule has 0 aliphatic carbocycles. The van der Waals surface area contributed by atoms with Crippen LogP contribution in [-0.2, 0) is 24.3 Å². The van der Waals surface area contributed by atoms with Gasteiger partial charge < -0.3 is 20.2 Å². The smallest absolute Gasteiger partial charge is 0.317 e. The van der Waals surface area contributed by atoms with Gasteiger partial charge >= 0.3 is 12.0 Å². The van der Waals surface area contributed by atoms with Crippen molar-refractivity contribution in [3.63, 3.8) is 0 Å². The molecule has 152 valence electrons. The Kier molecular flexibility index (Phi) is 5.18. The molecule has 0 aromatic heterocycles. The number of carbonyl (C=O) groups excluding carboxylic acids is 1. The van der Waals surface area contributed by atoms with Crippen LogP contribution in [-0.4, -0.2) is 41.6 Å². The van der Waals surface area contributed by atoms with Gasteiger partial charge in [-0.15, -0.1) is 0 Å². The van der Waals surface area contributed by atoms with Crippen molar-refractivity contribution in [2.24, 2.45) is 5.41 Å². The highest BCUT2D eigenvalue weighted by atomic mass is 16.4. The van der Waals surface area contributed by atoms with Crippen LogP contribution in [0.1, 0.15) is 30.0 Å². The van der Waals surface area contributed by atoms with Gasteiger partial charge in [0.25, 0.3) is 0 Å². The van der Waals surface area contributed by atoms with E-state index in [1.54, 1.807) is 11.8 Å². The van der Waals surface area contributed by atoms with Gasteiger partial charge in [-0.3, -0.25) is 4.79 Å². The van der Waals surface area contributed by atoms with Crippen LogP contribution in [0, 0.1) is 5.41 Å². The molecule has 1 fully saturated rings. The molecular weight excluding hydrogens is 366 g/mol. The summed E-state index contributed by atoms with van der Waals surface area (Å²) in [6.45, 7) is 4.79. The van der Waals surface area contributed by atoms with Crippen molar-refractivity contribution in [3.8, 4) is 0 Å². The summed E-state index contributed by atoms with van der Waals surface area (Å²) >= 11 is 0. The van der Waals surface area contributed by atoms with Gasteiger partial charge in [-0.25, -0.2) is 4.79 Å². The summed E-state index contributed by atoms with van der Waals surface area (Å²) in [5, 5.41) is 12.2. The summed E-state index contributed by atoms with van der Waals surface area (Å²) in [6.07, 6.45) is 1.59. The van der Waals surface area contributed by atoms with Crippen LogP contribution in [0.2, 0.25) is 0 Å². The van der Waals surface area contributed by atoms with E-state index in [-0.39, 0.29) is 12.6 Å². The van der Waals surface area contributed by atoms with E-state index in [0.717, 1.165) is 25.1 Å². The molecule has 29 heavy (non-hydrogen) atoms. The van der Waals surface area contributed by atoms with E-state index >= 15 is 0 Å². The minimum Gasteiger partial charge on any atom is -0.481 e. The number of fused-ring (bicyclic) bond motifs is 1. The molecule has 2 aromatic carbocycles. The van der Waals surface area contributed by atoms with Crippen molar-refractivity contribution in [1.29, 1.82) is 0 Å². The van der Waals surface area contributed by atoms with Crippen LogP contribution < -0.4 is 10.2 Å². The Hall–Kier alpha value is -3.02. The summed E-state index contributed by atoms with van der Waals surface area (Å²) in [5.74, 6) is -0.844. The monoisotopic (exact) mass is 393 g/mol. The van der Waals surface area contributed by atoms with Gasteiger partial charge in [0.1, 0.15) is 0 Å². The Morgan fingerprint density at radius 1 is 1.07 bits per heavy atom. The Morgan fingerprint density at radius 3 is 2.52 bits per heavy atom. The summed E-state index contributed by atoms with van der Waals surface area (Å²) in [4.78, 5) is 27.7. The van der Waals surface area contributed by atoms with E-state index in [2.05, 4.69) is 46.6 Å². The van der Waals surface area contributed by atoms with Crippen LogP contribution in [0.3, 0.4) is 0 Å². The van der Waals surface area contributed by atoms with E-state index in [9.17, 15) is 14.7 Å². The molecule has 1 atom stereocenters. The molecule has 6 heteroatoms. The Labute approximate surface area is 171 Å². The van der Waals surface area contributed by atoms with Gasteiger partial charge in [0.05, 0.1) is 5.41 Å². The van der Waals surface area contributed by atoms with Gasteiger partial charge in [0, 0.05) is 38.4 Å². The van der Waals surface area contributed by atoms with Crippen molar-refractivity contribution in [3.05, 3.63) is 65.2 Å². The molecule has 0 bridgehead atoms. The lowest BCUT2D eigenvalue weighted by Crippen LogP contribution is -2.40. The fraction of sp³-hybridized carbons (Fsp3) is 0.391. The van der Waals surface area contributed by atoms with E-state index in [1.807, 2.05) is 12.1 Å². The first kappa shape index (κ1) is 19.3. The van der Waals surface area contributed by atoms with Crippen molar-refractivity contribution < 1.29 is 14.7 Å². The number of aliphatic carboxylic acids is 1. The van der Waals surface area contributed by atoms with Gasteiger partial charge in [0.2, 0.25) is 0 Å². The third kappa shape index (κ3) is 4.06. The molecule has 2 N–H and O–H groups in total. The van der Waals surface area contributed by atoms with E-state index < -0.39 is 11.4 Å². The van der Waals surface area contributed by atoms with Gasteiger partial charge in [-0.2, -0.15) is 0 Å². The SMILES string of the molecule is CC1(C(=O)O)CCN(C(=O)NCc2ccc(CN3CCc4ccccc43)cc2)C1. The van der Waals surface area contributed by atoms with Crippen LogP contribution in [0.4, 0.5) is 10.5 Å². The molecule has 1 unspecified atom stereocenters. The maximum atomic E-state index is 12.4. The zero-order valence-corrected chi connectivity index (χ0v) is 16.7. The molecule has 0 saturated carbocycles. The second-order valence-corrected chi connectivity index (χ2v) is 8.31. The Morgan fingerprint density at radius 2 is 1.79 bits per heavy atom. The molecule has 2 aliphatic rings. The predicted octanol–water partition coefficient (Wildman–Crippen LogP) is 3.26. The van der Waals surface area contributed by atoms with E-state index in [0.29, 0.717) is 19.5 Å². The van der Waals surface area contributed by atoms with Crippen molar-refractivity contribution in [2.75, 3.05) is 24.5 Å². The number of urea groups is 1. The first-order valence-corrected chi connectivity index (χ1v) is 10.1. The summed E-state index contributed by atoms with van der Waals surface area (Å²) < 4.78 is 0. The number of anilines is 1. The number of carboxylic acids is 1. The number of para-hydroxylation sites is 1. The molecule has 6 nitrogen and oxygen atoms in total. The second-order valence-electron chi connectivity index (χ2n) is 8.31. The standard InChI is InChI=1S/C23H27N3O3/c1-23(21(27)28)11-13-26(16-23)22(29)24-14-17-6-8-18(9-7-17)15-25-12-10-19-4-2-3-5-20(19)25/h2-9H,10-16H2,1H3,(H,24,29)(H,27,28). The average molecular weight is 393 g/mol. The molecule has 1 saturated heterocycles. The highest BCUT2D eigenvalue weighted by Crippen LogP contribution is 2.30. The maximum absolute atomic E-state index is 12.4. The molecule has 2 amide bonds. The number of carbonyl (C=O) groups is 2. The molecule has 4 rings (SSSR count). The number of rotatable bonds is 5. The van der Waals surface area contributed by atoms with Crippen LogP contribution in [0.5, 0.6) is 0 Å². The van der Waals surface area contributed by atoms with Crippen LogP contribution in [0.25, 0.3) is 0 Å². The van der Waals surface area contributed by atoms with Crippen molar-refractivity contribution >= 4 is 17.7 Å². The normalized spacial score (nSPS) is 20.6. The number of amides is 2.